The molecule has 0 spiro atoms. The van der Waals surface area contributed by atoms with Gasteiger partial charge in [0.1, 0.15) is 0 Å². The topological polar surface area (TPSA) is 57.6 Å². The van der Waals surface area contributed by atoms with E-state index in [9.17, 15) is 9.59 Å². The van der Waals surface area contributed by atoms with E-state index >= 15 is 0 Å². The molecule has 4 aliphatic rings. The van der Waals surface area contributed by atoms with Gasteiger partial charge in [0.05, 0.1) is 0 Å². The second-order valence-electron chi connectivity index (χ2n) is 13.2. The number of benzene rings is 2. The molecule has 1 aromatic heterocycles. The van der Waals surface area contributed by atoms with Crippen LogP contribution in [0, 0.1) is 12.8 Å². The molecule has 6 heteroatoms. The van der Waals surface area contributed by atoms with Crippen LogP contribution in [0.1, 0.15) is 79.3 Å². The van der Waals surface area contributed by atoms with Crippen LogP contribution in [-0.2, 0) is 13.1 Å². The zero-order chi connectivity index (χ0) is 27.9. The van der Waals surface area contributed by atoms with Gasteiger partial charge in [-0.05, 0) is 142 Å². The van der Waals surface area contributed by atoms with Crippen LogP contribution in [0.5, 0.6) is 0 Å². The monoisotopic (exact) mass is 552 g/mol. The van der Waals surface area contributed by atoms with Gasteiger partial charge < -0.3 is 14.8 Å². The minimum Gasteiger partial charge on any atom is -0.349 e. The highest BCUT2D eigenvalue weighted by Crippen LogP contribution is 2.33. The molecule has 2 saturated carbocycles. The summed E-state index contributed by atoms with van der Waals surface area (Å²) in [5, 5.41) is 4.99. The van der Waals surface area contributed by atoms with Crippen LogP contribution in [0.3, 0.4) is 0 Å². The first-order valence-electron chi connectivity index (χ1n) is 16.1. The van der Waals surface area contributed by atoms with Crippen molar-refractivity contribution in [3.63, 3.8) is 0 Å². The molecule has 0 unspecified atom stereocenters. The van der Waals surface area contributed by atoms with E-state index in [0.717, 1.165) is 72.5 Å². The smallest absolute Gasteiger partial charge is 0.258 e. The van der Waals surface area contributed by atoms with Crippen LogP contribution in [0.25, 0.3) is 21.9 Å². The Hall–Kier alpha value is -2.96. The van der Waals surface area contributed by atoms with Crippen molar-refractivity contribution in [1.29, 1.82) is 0 Å². The van der Waals surface area contributed by atoms with Crippen LogP contribution in [0.15, 0.2) is 47.4 Å². The van der Waals surface area contributed by atoms with Gasteiger partial charge in [-0.3, -0.25) is 14.5 Å². The van der Waals surface area contributed by atoms with Gasteiger partial charge in [-0.1, -0.05) is 18.6 Å². The Morgan fingerprint density at radius 3 is 2.39 bits per heavy atom. The van der Waals surface area contributed by atoms with Crippen molar-refractivity contribution in [2.75, 3.05) is 26.2 Å². The van der Waals surface area contributed by atoms with Gasteiger partial charge in [0.2, 0.25) is 0 Å². The van der Waals surface area contributed by atoms with E-state index < -0.39 is 0 Å². The minimum atomic E-state index is 0.00569. The highest BCUT2D eigenvalue weighted by Gasteiger charge is 2.27. The number of rotatable bonds is 8. The third-order valence-electron chi connectivity index (χ3n) is 9.90. The highest BCUT2D eigenvalue weighted by atomic mass is 16.1. The van der Waals surface area contributed by atoms with Gasteiger partial charge in [0.25, 0.3) is 11.5 Å². The SMILES string of the molecule is Cc1ccc(C(=O)NC2CC2)cc1-c1ccc2c(=O)n(CC3CC3)cc(CN3CCC(N4CCCCC4)CC3)c2c1. The zero-order valence-electron chi connectivity index (χ0n) is 24.5. The Labute approximate surface area is 243 Å². The normalized spacial score (nSPS) is 20.9. The van der Waals surface area contributed by atoms with Crippen LogP contribution >= 0.6 is 0 Å². The van der Waals surface area contributed by atoms with Crippen molar-refractivity contribution in [2.45, 2.75) is 89.9 Å². The van der Waals surface area contributed by atoms with Crippen molar-refractivity contribution in [2.24, 2.45) is 5.92 Å². The van der Waals surface area contributed by atoms with Crippen LogP contribution < -0.4 is 10.9 Å². The number of aryl methyl sites for hydroxylation is 1. The summed E-state index contributed by atoms with van der Waals surface area (Å²) < 4.78 is 1.99. The fourth-order valence-electron chi connectivity index (χ4n) is 7.01. The van der Waals surface area contributed by atoms with Crippen molar-refractivity contribution < 1.29 is 4.79 Å². The summed E-state index contributed by atoms with van der Waals surface area (Å²) in [5.74, 6) is 0.649. The van der Waals surface area contributed by atoms with Crippen LogP contribution in [0.4, 0.5) is 0 Å². The molecule has 7 rings (SSSR count). The number of carbonyl (C=O) groups excluding carboxylic acids is 1. The number of amides is 1. The highest BCUT2D eigenvalue weighted by molar-refractivity contribution is 5.97. The Balaban J connectivity index is 1.19. The first-order chi connectivity index (χ1) is 20.0. The lowest BCUT2D eigenvalue weighted by atomic mass is 9.94. The summed E-state index contributed by atoms with van der Waals surface area (Å²) in [4.78, 5) is 31.8. The molecule has 2 aliphatic carbocycles. The van der Waals surface area contributed by atoms with E-state index in [1.165, 1.54) is 63.6 Å². The number of piperidine rings is 2. The van der Waals surface area contributed by atoms with E-state index in [2.05, 4.69) is 40.4 Å². The Morgan fingerprint density at radius 2 is 1.66 bits per heavy atom. The summed E-state index contributed by atoms with van der Waals surface area (Å²) in [6.45, 7) is 8.57. The average Bonchev–Trinajstić information content (AvgIpc) is 3.94. The lowest BCUT2D eigenvalue weighted by Crippen LogP contribution is -2.46. The zero-order valence-corrected chi connectivity index (χ0v) is 24.5. The van der Waals surface area contributed by atoms with E-state index in [-0.39, 0.29) is 11.5 Å². The number of aromatic nitrogens is 1. The van der Waals surface area contributed by atoms with Gasteiger partial charge >= 0.3 is 0 Å². The average molecular weight is 553 g/mol. The molecule has 3 heterocycles. The standard InChI is InChI=1S/C35H44N4O2/c1-24-5-8-27(34(40)36-29-10-11-29)20-32(24)26-9-12-31-33(19-26)28(23-39(35(31)41)21-25-6-7-25)22-37-17-13-30(14-18-37)38-15-3-2-4-16-38/h5,8-9,12,19-20,23,25,29-30H,2-4,6-7,10-11,13-18,21-22H2,1H3,(H,36,40). The maximum atomic E-state index is 13.6. The van der Waals surface area contributed by atoms with E-state index in [1.54, 1.807) is 0 Å². The molecule has 1 amide bonds. The lowest BCUT2D eigenvalue weighted by Gasteiger charge is -2.40. The first kappa shape index (κ1) is 26.9. The van der Waals surface area contributed by atoms with Crippen LogP contribution in [-0.4, -0.2) is 58.5 Å². The predicted octanol–water partition coefficient (Wildman–Crippen LogP) is 5.73. The van der Waals surface area contributed by atoms with Gasteiger partial charge in [0.15, 0.2) is 0 Å². The fourth-order valence-corrected chi connectivity index (χ4v) is 7.01. The lowest BCUT2D eigenvalue weighted by molar-refractivity contribution is 0.0897. The summed E-state index contributed by atoms with van der Waals surface area (Å²) in [6.07, 6.45) is 13.3. The van der Waals surface area contributed by atoms with Crippen molar-refractivity contribution >= 4 is 16.7 Å². The van der Waals surface area contributed by atoms with Crippen molar-refractivity contribution in [3.8, 4) is 11.1 Å². The second kappa shape index (κ2) is 11.4. The molecule has 0 radical (unpaired) electrons. The molecule has 2 aromatic carbocycles. The third kappa shape index (κ3) is 6.00. The fraction of sp³-hybridized carbons (Fsp3) is 0.543. The summed E-state index contributed by atoms with van der Waals surface area (Å²) in [6, 6.07) is 13.4. The molecule has 2 aliphatic heterocycles. The minimum absolute atomic E-state index is 0.00569. The van der Waals surface area contributed by atoms with Gasteiger partial charge in [0, 0.05) is 42.3 Å². The Morgan fingerprint density at radius 1 is 0.878 bits per heavy atom. The largest absolute Gasteiger partial charge is 0.349 e. The Kier molecular flexibility index (Phi) is 7.46. The number of nitrogens with one attached hydrogen (secondary N) is 1. The summed E-state index contributed by atoms with van der Waals surface area (Å²) >= 11 is 0. The maximum absolute atomic E-state index is 13.6. The number of fused-ring (bicyclic) bond motifs is 1. The molecule has 6 nitrogen and oxygen atoms in total. The molecule has 3 aromatic rings. The second-order valence-corrected chi connectivity index (χ2v) is 13.2. The van der Waals surface area contributed by atoms with E-state index in [4.69, 9.17) is 0 Å². The molecular formula is C35H44N4O2. The number of hydrogen-bond donors (Lipinski definition) is 1. The van der Waals surface area contributed by atoms with E-state index in [1.807, 2.05) is 28.8 Å². The molecular weight excluding hydrogens is 508 g/mol. The maximum Gasteiger partial charge on any atom is 0.258 e. The Bertz CT molecular complexity index is 1490. The number of hydrogen-bond acceptors (Lipinski definition) is 4. The molecule has 0 bridgehead atoms. The molecule has 4 fully saturated rings. The number of likely N-dealkylation sites (tertiary alicyclic amines) is 2. The summed E-state index contributed by atoms with van der Waals surface area (Å²) in [7, 11) is 0. The first-order valence-corrected chi connectivity index (χ1v) is 16.1. The van der Waals surface area contributed by atoms with Gasteiger partial charge in [-0.25, -0.2) is 0 Å². The molecule has 41 heavy (non-hydrogen) atoms. The predicted molar refractivity (Wildman–Crippen MR) is 165 cm³/mol. The number of nitrogens with zero attached hydrogens (tertiary/aromatic N) is 3. The molecule has 216 valence electrons. The van der Waals surface area contributed by atoms with Gasteiger partial charge in [-0.2, -0.15) is 0 Å². The quantitative estimate of drug-likeness (QED) is 0.388. The van der Waals surface area contributed by atoms with Crippen LogP contribution in [0.2, 0.25) is 0 Å². The number of pyridine rings is 1. The number of carbonyl (C=O) groups is 1. The van der Waals surface area contributed by atoms with E-state index in [0.29, 0.717) is 17.5 Å². The van der Waals surface area contributed by atoms with Crippen molar-refractivity contribution in [3.05, 3.63) is 69.6 Å². The molecule has 2 saturated heterocycles. The third-order valence-corrected chi connectivity index (χ3v) is 9.90. The summed E-state index contributed by atoms with van der Waals surface area (Å²) in [5.41, 5.74) is 5.34. The molecule has 0 atom stereocenters. The van der Waals surface area contributed by atoms with Crippen molar-refractivity contribution in [1.82, 2.24) is 19.7 Å². The van der Waals surface area contributed by atoms with Gasteiger partial charge in [-0.15, -0.1) is 0 Å². The molecule has 1 N–H and O–H groups in total.